The third kappa shape index (κ3) is 2.52. The molecule has 0 saturated carbocycles. The van der Waals surface area contributed by atoms with Crippen molar-refractivity contribution >= 4 is 33.5 Å². The molecule has 4 nitrogen and oxygen atoms in total. The summed E-state index contributed by atoms with van der Waals surface area (Å²) in [5.74, 6) is -0.0537. The highest BCUT2D eigenvalue weighted by Gasteiger charge is 2.09. The fourth-order valence-electron chi connectivity index (χ4n) is 2.33. The van der Waals surface area contributed by atoms with E-state index < -0.39 is 0 Å². The third-order valence-corrected chi connectivity index (χ3v) is 3.34. The van der Waals surface area contributed by atoms with Gasteiger partial charge < -0.3 is 9.73 Å². The fourth-order valence-corrected chi connectivity index (χ4v) is 2.33. The minimum Gasteiger partial charge on any atom is -0.456 e. The first kappa shape index (κ1) is 13.4. The first-order chi connectivity index (χ1) is 10.2. The number of rotatable bonds is 3. The average Bonchev–Trinajstić information content (AvgIpc) is 2.48. The fraction of sp³-hybridized carbons (Fsp3) is 0.176. The van der Waals surface area contributed by atoms with Crippen molar-refractivity contribution in [2.24, 2.45) is 0 Å². The van der Waals surface area contributed by atoms with Gasteiger partial charge in [-0.1, -0.05) is 19.1 Å². The molecule has 106 valence electrons. The van der Waals surface area contributed by atoms with Crippen molar-refractivity contribution in [3.63, 3.8) is 0 Å². The number of hydrogen-bond donors (Lipinski definition) is 1. The highest BCUT2D eigenvalue weighted by Crippen LogP contribution is 2.21. The summed E-state index contributed by atoms with van der Waals surface area (Å²) in [7, 11) is 0. The molecule has 3 aromatic rings. The van der Waals surface area contributed by atoms with Crippen LogP contribution in [0.25, 0.3) is 21.9 Å². The lowest BCUT2D eigenvalue weighted by Gasteiger charge is -2.06. The molecule has 0 fully saturated rings. The number of hydrogen-bond acceptors (Lipinski definition) is 3. The summed E-state index contributed by atoms with van der Waals surface area (Å²) < 4.78 is 5.72. The number of carbonyl (C=O) groups excluding carboxylic acids is 1. The van der Waals surface area contributed by atoms with Gasteiger partial charge in [0, 0.05) is 12.1 Å². The molecular weight excluding hydrogens is 266 g/mol. The molecule has 4 heteroatoms. The molecular formula is C17H15NO3. The maximum atomic E-state index is 12.5. The Kier molecular flexibility index (Phi) is 3.44. The summed E-state index contributed by atoms with van der Waals surface area (Å²) in [5.41, 5.74) is 1.62. The van der Waals surface area contributed by atoms with Crippen LogP contribution in [0.5, 0.6) is 0 Å². The van der Waals surface area contributed by atoms with E-state index in [0.29, 0.717) is 34.0 Å². The molecule has 0 unspecified atom stereocenters. The second-order valence-corrected chi connectivity index (χ2v) is 4.94. The lowest BCUT2D eigenvalue weighted by atomic mass is 10.1. The van der Waals surface area contributed by atoms with Crippen LogP contribution in [0.2, 0.25) is 0 Å². The normalized spacial score (nSPS) is 10.9. The predicted octanol–water partition coefficient (Wildman–Crippen LogP) is 3.68. The van der Waals surface area contributed by atoms with E-state index in [9.17, 15) is 9.59 Å². The monoisotopic (exact) mass is 281 g/mol. The quantitative estimate of drug-likeness (QED) is 0.745. The van der Waals surface area contributed by atoms with Gasteiger partial charge >= 0.3 is 0 Å². The van der Waals surface area contributed by atoms with Gasteiger partial charge in [-0.05, 0) is 36.8 Å². The van der Waals surface area contributed by atoms with Crippen molar-refractivity contribution in [1.29, 1.82) is 0 Å². The number of para-hydroxylation sites is 1. The zero-order chi connectivity index (χ0) is 14.8. The molecule has 0 aliphatic rings. The van der Waals surface area contributed by atoms with E-state index in [0.717, 1.165) is 6.42 Å². The summed E-state index contributed by atoms with van der Waals surface area (Å²) in [5, 5.41) is 3.81. The predicted molar refractivity (Wildman–Crippen MR) is 83.5 cm³/mol. The molecule has 3 rings (SSSR count). The maximum Gasteiger partial charge on any atom is 0.224 e. The second kappa shape index (κ2) is 5.40. The van der Waals surface area contributed by atoms with E-state index in [1.807, 2.05) is 13.0 Å². The Labute approximate surface area is 121 Å². The van der Waals surface area contributed by atoms with Crippen molar-refractivity contribution in [3.05, 3.63) is 52.7 Å². The van der Waals surface area contributed by atoms with Gasteiger partial charge in [0.05, 0.1) is 10.8 Å². The Morgan fingerprint density at radius 1 is 1.10 bits per heavy atom. The van der Waals surface area contributed by atoms with Gasteiger partial charge in [0.15, 0.2) is 0 Å². The highest BCUT2D eigenvalue weighted by molar-refractivity contribution is 5.95. The molecule has 0 spiro atoms. The van der Waals surface area contributed by atoms with Gasteiger partial charge in [0.1, 0.15) is 11.2 Å². The van der Waals surface area contributed by atoms with E-state index in [1.165, 1.54) is 0 Å². The number of amides is 1. The average molecular weight is 281 g/mol. The lowest BCUT2D eigenvalue weighted by molar-refractivity contribution is -0.116. The largest absolute Gasteiger partial charge is 0.456 e. The summed E-state index contributed by atoms with van der Waals surface area (Å²) in [6.45, 7) is 1.95. The van der Waals surface area contributed by atoms with Crippen molar-refractivity contribution < 1.29 is 9.21 Å². The standard InChI is InChI=1S/C17H15NO3/c1-2-5-16(19)18-11-8-9-15-13(10-11)17(20)12-6-3-4-7-14(12)21-15/h3-4,6-10H,2,5H2,1H3,(H,18,19). The Morgan fingerprint density at radius 3 is 2.67 bits per heavy atom. The maximum absolute atomic E-state index is 12.5. The van der Waals surface area contributed by atoms with E-state index >= 15 is 0 Å². The van der Waals surface area contributed by atoms with E-state index in [2.05, 4.69) is 5.32 Å². The molecule has 1 N–H and O–H groups in total. The van der Waals surface area contributed by atoms with E-state index in [1.54, 1.807) is 36.4 Å². The third-order valence-electron chi connectivity index (χ3n) is 3.34. The van der Waals surface area contributed by atoms with Crippen LogP contribution in [0.15, 0.2) is 51.7 Å². The molecule has 0 saturated heterocycles. The van der Waals surface area contributed by atoms with Gasteiger partial charge in [-0.2, -0.15) is 0 Å². The first-order valence-electron chi connectivity index (χ1n) is 6.94. The minimum atomic E-state index is -0.0848. The molecule has 1 amide bonds. The lowest BCUT2D eigenvalue weighted by Crippen LogP contribution is -2.11. The minimum absolute atomic E-state index is 0.0537. The van der Waals surface area contributed by atoms with Crippen molar-refractivity contribution in [2.45, 2.75) is 19.8 Å². The van der Waals surface area contributed by atoms with Crippen LogP contribution in [0.1, 0.15) is 19.8 Å². The number of nitrogens with one attached hydrogen (secondary N) is 1. The van der Waals surface area contributed by atoms with E-state index in [4.69, 9.17) is 4.42 Å². The molecule has 0 aliphatic carbocycles. The van der Waals surface area contributed by atoms with Crippen LogP contribution in [-0.4, -0.2) is 5.91 Å². The van der Waals surface area contributed by atoms with Gasteiger partial charge in [-0.3, -0.25) is 9.59 Å². The zero-order valence-electron chi connectivity index (χ0n) is 11.7. The first-order valence-corrected chi connectivity index (χ1v) is 6.94. The smallest absolute Gasteiger partial charge is 0.224 e. The van der Waals surface area contributed by atoms with Crippen molar-refractivity contribution in [2.75, 3.05) is 5.32 Å². The molecule has 1 aromatic heterocycles. The Morgan fingerprint density at radius 2 is 1.86 bits per heavy atom. The number of carbonyl (C=O) groups is 1. The number of benzene rings is 2. The van der Waals surface area contributed by atoms with Crippen LogP contribution in [0.4, 0.5) is 5.69 Å². The molecule has 1 heterocycles. The number of anilines is 1. The summed E-state index contributed by atoms with van der Waals surface area (Å²) in [4.78, 5) is 24.1. The van der Waals surface area contributed by atoms with Crippen LogP contribution in [0.3, 0.4) is 0 Å². The van der Waals surface area contributed by atoms with Gasteiger partial charge in [0.25, 0.3) is 0 Å². The zero-order valence-corrected chi connectivity index (χ0v) is 11.7. The SMILES string of the molecule is CCCC(=O)Nc1ccc2oc3ccccc3c(=O)c2c1. The Bertz CT molecular complexity index is 880. The van der Waals surface area contributed by atoms with Crippen molar-refractivity contribution in [1.82, 2.24) is 0 Å². The highest BCUT2D eigenvalue weighted by atomic mass is 16.3. The van der Waals surface area contributed by atoms with Crippen LogP contribution < -0.4 is 10.7 Å². The Hall–Kier alpha value is -2.62. The summed E-state index contributed by atoms with van der Waals surface area (Å²) >= 11 is 0. The van der Waals surface area contributed by atoms with Gasteiger partial charge in [-0.25, -0.2) is 0 Å². The van der Waals surface area contributed by atoms with Crippen LogP contribution in [-0.2, 0) is 4.79 Å². The molecule has 0 radical (unpaired) electrons. The molecule has 0 atom stereocenters. The number of fused-ring (bicyclic) bond motifs is 2. The Balaban J connectivity index is 2.12. The van der Waals surface area contributed by atoms with Gasteiger partial charge in [0.2, 0.25) is 11.3 Å². The molecule has 0 aliphatic heterocycles. The van der Waals surface area contributed by atoms with Crippen molar-refractivity contribution in [3.8, 4) is 0 Å². The van der Waals surface area contributed by atoms with Gasteiger partial charge in [-0.15, -0.1) is 0 Å². The van der Waals surface area contributed by atoms with E-state index in [-0.39, 0.29) is 11.3 Å². The van der Waals surface area contributed by atoms with Crippen LogP contribution >= 0.6 is 0 Å². The van der Waals surface area contributed by atoms with Crippen LogP contribution in [0, 0.1) is 0 Å². The molecule has 0 bridgehead atoms. The summed E-state index contributed by atoms with van der Waals surface area (Å²) in [6, 6.07) is 12.3. The summed E-state index contributed by atoms with van der Waals surface area (Å²) in [6.07, 6.45) is 1.25. The second-order valence-electron chi connectivity index (χ2n) is 4.94. The molecule has 21 heavy (non-hydrogen) atoms. The molecule has 2 aromatic carbocycles. The topological polar surface area (TPSA) is 59.3 Å².